The monoisotopic (exact) mass is 313 g/mol. The van der Waals surface area contributed by atoms with E-state index in [-0.39, 0.29) is 18.6 Å². The van der Waals surface area contributed by atoms with Gasteiger partial charge < -0.3 is 10.1 Å². The van der Waals surface area contributed by atoms with Gasteiger partial charge in [0.05, 0.1) is 0 Å². The minimum Gasteiger partial charge on any atom is -0.467 e. The van der Waals surface area contributed by atoms with Gasteiger partial charge in [0.2, 0.25) is 5.88 Å². The highest BCUT2D eigenvalue weighted by molar-refractivity contribution is 5.77. The number of carbonyl (C=O) groups excluding carboxylic acids is 1. The Labute approximate surface area is 137 Å². The Morgan fingerprint density at radius 2 is 1.91 bits per heavy atom. The van der Waals surface area contributed by atoms with Gasteiger partial charge >= 0.3 is 0 Å². The van der Waals surface area contributed by atoms with Crippen LogP contribution in [0.4, 0.5) is 0 Å². The SMILES string of the molecule is CCC(C)NC(=O)COc1cc(C)nc(-c2ccc(C)cc2)n1. The largest absolute Gasteiger partial charge is 0.467 e. The fraction of sp³-hybridized carbons (Fsp3) is 0.389. The molecular weight excluding hydrogens is 290 g/mol. The smallest absolute Gasteiger partial charge is 0.258 e. The van der Waals surface area contributed by atoms with E-state index in [1.807, 2.05) is 52.0 Å². The van der Waals surface area contributed by atoms with E-state index in [2.05, 4.69) is 15.3 Å². The molecule has 0 bridgehead atoms. The van der Waals surface area contributed by atoms with E-state index in [1.54, 1.807) is 6.07 Å². The second-order valence-corrected chi connectivity index (χ2v) is 5.70. The molecule has 2 aromatic rings. The summed E-state index contributed by atoms with van der Waals surface area (Å²) in [5.41, 5.74) is 2.90. The van der Waals surface area contributed by atoms with Crippen molar-refractivity contribution in [2.75, 3.05) is 6.61 Å². The van der Waals surface area contributed by atoms with Gasteiger partial charge in [-0.25, -0.2) is 4.98 Å². The molecule has 0 spiro atoms. The van der Waals surface area contributed by atoms with E-state index < -0.39 is 0 Å². The molecule has 122 valence electrons. The summed E-state index contributed by atoms with van der Waals surface area (Å²) in [5, 5.41) is 2.86. The van der Waals surface area contributed by atoms with Crippen molar-refractivity contribution in [1.82, 2.24) is 15.3 Å². The van der Waals surface area contributed by atoms with Crippen LogP contribution in [0.25, 0.3) is 11.4 Å². The lowest BCUT2D eigenvalue weighted by molar-refractivity contribution is -0.123. The molecule has 1 unspecified atom stereocenters. The maximum Gasteiger partial charge on any atom is 0.258 e. The number of benzene rings is 1. The molecule has 0 saturated carbocycles. The summed E-state index contributed by atoms with van der Waals surface area (Å²) < 4.78 is 5.52. The summed E-state index contributed by atoms with van der Waals surface area (Å²) in [6, 6.07) is 9.85. The predicted octanol–water partition coefficient (Wildman–Crippen LogP) is 3.05. The number of aromatic nitrogens is 2. The fourth-order valence-electron chi connectivity index (χ4n) is 2.00. The number of carbonyl (C=O) groups is 1. The molecule has 1 amide bonds. The lowest BCUT2D eigenvalue weighted by Crippen LogP contribution is -2.35. The van der Waals surface area contributed by atoms with Crippen molar-refractivity contribution in [3.8, 4) is 17.3 Å². The molecular formula is C18H23N3O2. The summed E-state index contributed by atoms with van der Waals surface area (Å²) in [5.74, 6) is 0.863. The summed E-state index contributed by atoms with van der Waals surface area (Å²) >= 11 is 0. The number of ether oxygens (including phenoxy) is 1. The first-order chi connectivity index (χ1) is 11.0. The molecule has 5 heteroatoms. The quantitative estimate of drug-likeness (QED) is 0.890. The van der Waals surface area contributed by atoms with Crippen LogP contribution in [0.2, 0.25) is 0 Å². The number of nitrogens with zero attached hydrogens (tertiary/aromatic N) is 2. The highest BCUT2D eigenvalue weighted by Crippen LogP contribution is 2.19. The molecule has 1 atom stereocenters. The van der Waals surface area contributed by atoms with Crippen LogP contribution in [0.5, 0.6) is 5.88 Å². The lowest BCUT2D eigenvalue weighted by Gasteiger charge is -2.12. The van der Waals surface area contributed by atoms with Gasteiger partial charge in [0.15, 0.2) is 12.4 Å². The fourth-order valence-corrected chi connectivity index (χ4v) is 2.00. The highest BCUT2D eigenvalue weighted by Gasteiger charge is 2.09. The predicted molar refractivity (Wildman–Crippen MR) is 90.3 cm³/mol. The Morgan fingerprint density at radius 3 is 2.57 bits per heavy atom. The molecule has 0 saturated heterocycles. The molecule has 2 rings (SSSR count). The van der Waals surface area contributed by atoms with Gasteiger partial charge in [-0.3, -0.25) is 4.79 Å². The summed E-state index contributed by atoms with van der Waals surface area (Å²) in [6.45, 7) is 7.85. The van der Waals surface area contributed by atoms with Gasteiger partial charge in [-0.15, -0.1) is 0 Å². The van der Waals surface area contributed by atoms with Crippen LogP contribution in [-0.4, -0.2) is 28.5 Å². The zero-order valence-electron chi connectivity index (χ0n) is 14.1. The second kappa shape index (κ2) is 7.72. The third kappa shape index (κ3) is 5.06. The zero-order chi connectivity index (χ0) is 16.8. The van der Waals surface area contributed by atoms with Crippen molar-refractivity contribution in [1.29, 1.82) is 0 Å². The number of hydrogen-bond donors (Lipinski definition) is 1. The standard InChI is InChI=1S/C18H23N3O2/c1-5-13(3)19-16(22)11-23-17-10-14(4)20-18(21-17)15-8-6-12(2)7-9-15/h6-10,13H,5,11H2,1-4H3,(H,19,22). The molecule has 0 fully saturated rings. The van der Waals surface area contributed by atoms with E-state index in [9.17, 15) is 4.79 Å². The molecule has 0 radical (unpaired) electrons. The van der Waals surface area contributed by atoms with Crippen molar-refractivity contribution >= 4 is 5.91 Å². The normalized spacial score (nSPS) is 11.8. The van der Waals surface area contributed by atoms with E-state index >= 15 is 0 Å². The Kier molecular flexibility index (Phi) is 5.68. The maximum absolute atomic E-state index is 11.8. The van der Waals surface area contributed by atoms with Gasteiger partial charge in [0.25, 0.3) is 5.91 Å². The Morgan fingerprint density at radius 1 is 1.22 bits per heavy atom. The van der Waals surface area contributed by atoms with Gasteiger partial charge in [-0.05, 0) is 27.2 Å². The van der Waals surface area contributed by atoms with Crippen molar-refractivity contribution in [2.24, 2.45) is 0 Å². The van der Waals surface area contributed by atoms with Gasteiger partial charge in [-0.1, -0.05) is 36.8 Å². The first-order valence-electron chi connectivity index (χ1n) is 7.83. The summed E-state index contributed by atoms with van der Waals surface area (Å²) in [4.78, 5) is 20.6. The molecule has 0 aliphatic rings. The van der Waals surface area contributed by atoms with Crippen LogP contribution in [-0.2, 0) is 4.79 Å². The average molecular weight is 313 g/mol. The first-order valence-corrected chi connectivity index (χ1v) is 7.83. The van der Waals surface area contributed by atoms with Gasteiger partial charge in [-0.2, -0.15) is 4.98 Å². The van der Waals surface area contributed by atoms with Crippen molar-refractivity contribution in [3.05, 3.63) is 41.6 Å². The van der Waals surface area contributed by atoms with Crippen LogP contribution in [0.3, 0.4) is 0 Å². The third-order valence-electron chi connectivity index (χ3n) is 3.51. The zero-order valence-corrected chi connectivity index (χ0v) is 14.1. The minimum absolute atomic E-state index is 0.0475. The van der Waals surface area contributed by atoms with Gasteiger partial charge in [0.1, 0.15) is 0 Å². The van der Waals surface area contributed by atoms with Crippen LogP contribution < -0.4 is 10.1 Å². The molecule has 5 nitrogen and oxygen atoms in total. The molecule has 23 heavy (non-hydrogen) atoms. The average Bonchev–Trinajstić information content (AvgIpc) is 2.53. The number of amides is 1. The summed E-state index contributed by atoms with van der Waals surface area (Å²) in [6.07, 6.45) is 0.885. The van der Waals surface area contributed by atoms with E-state index in [4.69, 9.17) is 4.74 Å². The topological polar surface area (TPSA) is 64.1 Å². The van der Waals surface area contributed by atoms with Crippen LogP contribution in [0.15, 0.2) is 30.3 Å². The molecule has 1 heterocycles. The number of hydrogen-bond acceptors (Lipinski definition) is 4. The van der Waals surface area contributed by atoms with Crippen LogP contribution in [0.1, 0.15) is 31.5 Å². The van der Waals surface area contributed by atoms with E-state index in [0.29, 0.717) is 11.7 Å². The van der Waals surface area contributed by atoms with Crippen molar-refractivity contribution in [3.63, 3.8) is 0 Å². The van der Waals surface area contributed by atoms with Crippen molar-refractivity contribution in [2.45, 2.75) is 40.2 Å². The molecule has 0 aliphatic carbocycles. The molecule has 1 aromatic carbocycles. The van der Waals surface area contributed by atoms with Crippen LogP contribution in [0, 0.1) is 13.8 Å². The molecule has 0 aliphatic heterocycles. The Hall–Kier alpha value is -2.43. The first kappa shape index (κ1) is 16.9. The van der Waals surface area contributed by atoms with E-state index in [1.165, 1.54) is 5.56 Å². The summed E-state index contributed by atoms with van der Waals surface area (Å²) in [7, 11) is 0. The van der Waals surface area contributed by atoms with Crippen molar-refractivity contribution < 1.29 is 9.53 Å². The van der Waals surface area contributed by atoms with Gasteiger partial charge in [0, 0.05) is 23.4 Å². The second-order valence-electron chi connectivity index (χ2n) is 5.70. The maximum atomic E-state index is 11.8. The van der Waals surface area contributed by atoms with E-state index in [0.717, 1.165) is 17.7 Å². The molecule has 1 N–H and O–H groups in total. The number of aryl methyl sites for hydroxylation is 2. The Bertz CT molecular complexity index is 668. The highest BCUT2D eigenvalue weighted by atomic mass is 16.5. The third-order valence-corrected chi connectivity index (χ3v) is 3.51. The number of nitrogens with one attached hydrogen (secondary N) is 1. The minimum atomic E-state index is -0.146. The number of rotatable bonds is 6. The molecule has 1 aromatic heterocycles. The lowest BCUT2D eigenvalue weighted by atomic mass is 10.1. The Balaban J connectivity index is 2.08. The van der Waals surface area contributed by atoms with Crippen LogP contribution >= 0.6 is 0 Å².